The van der Waals surface area contributed by atoms with Gasteiger partial charge in [0.25, 0.3) is 0 Å². The van der Waals surface area contributed by atoms with Crippen molar-refractivity contribution < 1.29 is 18.7 Å². The summed E-state index contributed by atoms with van der Waals surface area (Å²) in [5.74, 6) is -1.40. The van der Waals surface area contributed by atoms with Crippen LogP contribution in [0, 0.1) is 11.7 Å². The lowest BCUT2D eigenvalue weighted by atomic mass is 10.0. The van der Waals surface area contributed by atoms with Gasteiger partial charge in [-0.15, -0.1) is 0 Å². The van der Waals surface area contributed by atoms with Crippen LogP contribution in [0.5, 0.6) is 0 Å². The zero-order valence-corrected chi connectivity index (χ0v) is 11.1. The molecule has 1 aliphatic heterocycles. The average molecular weight is 280 g/mol. The first-order valence-electron chi connectivity index (χ1n) is 6.46. The van der Waals surface area contributed by atoms with E-state index in [1.165, 1.54) is 24.3 Å². The molecule has 3 N–H and O–H groups in total. The summed E-state index contributed by atoms with van der Waals surface area (Å²) < 4.78 is 18.2. The molecule has 0 spiro atoms. The number of hydrogen-bond acceptors (Lipinski definition) is 3. The summed E-state index contributed by atoms with van der Waals surface area (Å²) in [6, 6.07) is 4.28. The third-order valence-corrected chi connectivity index (χ3v) is 3.42. The molecule has 1 saturated heterocycles. The van der Waals surface area contributed by atoms with Gasteiger partial charge in [0.15, 0.2) is 0 Å². The maximum Gasteiger partial charge on any atom is 0.250 e. The van der Waals surface area contributed by atoms with Crippen LogP contribution >= 0.6 is 0 Å². The largest absolute Gasteiger partial charge is 0.368 e. The molecule has 3 atom stereocenters. The lowest BCUT2D eigenvalue weighted by molar-refractivity contribution is -0.135. The van der Waals surface area contributed by atoms with Crippen molar-refractivity contribution in [3.8, 4) is 0 Å². The monoisotopic (exact) mass is 280 g/mol. The number of nitrogens with one attached hydrogen (secondary N) is 1. The van der Waals surface area contributed by atoms with Crippen molar-refractivity contribution in [3.05, 3.63) is 35.6 Å². The smallest absolute Gasteiger partial charge is 0.250 e. The molecule has 5 nitrogen and oxygen atoms in total. The van der Waals surface area contributed by atoms with Gasteiger partial charge in [0.2, 0.25) is 11.8 Å². The molecule has 108 valence electrons. The standard InChI is InChI=1S/C14H17FN2O3/c1-8-6-7-20-12(8)14(19)17-11(13(16)18)9-2-4-10(15)5-3-9/h2-5,8,11-12H,6-7H2,1H3,(H2,16,18)(H,17,19)/t8-,11+,12-/m1/s1. The molecule has 0 aliphatic carbocycles. The molecular weight excluding hydrogens is 263 g/mol. The third kappa shape index (κ3) is 3.14. The Morgan fingerprint density at radius 2 is 2.05 bits per heavy atom. The summed E-state index contributed by atoms with van der Waals surface area (Å²) in [7, 11) is 0. The SMILES string of the molecule is C[C@@H]1CCO[C@H]1C(=O)N[C@H](C(N)=O)c1ccc(F)cc1. The number of nitrogens with two attached hydrogens (primary N) is 1. The van der Waals surface area contributed by atoms with E-state index in [0.717, 1.165) is 6.42 Å². The highest BCUT2D eigenvalue weighted by Gasteiger charge is 2.33. The number of carbonyl (C=O) groups excluding carboxylic acids is 2. The van der Waals surface area contributed by atoms with Crippen molar-refractivity contribution in [2.75, 3.05) is 6.61 Å². The van der Waals surface area contributed by atoms with Crippen molar-refractivity contribution in [1.29, 1.82) is 0 Å². The minimum Gasteiger partial charge on any atom is -0.368 e. The van der Waals surface area contributed by atoms with Gasteiger partial charge < -0.3 is 15.8 Å². The molecule has 1 fully saturated rings. The molecule has 20 heavy (non-hydrogen) atoms. The highest BCUT2D eigenvalue weighted by molar-refractivity contribution is 5.89. The van der Waals surface area contributed by atoms with E-state index in [9.17, 15) is 14.0 Å². The number of amides is 2. The van der Waals surface area contributed by atoms with Crippen LogP contribution in [-0.4, -0.2) is 24.5 Å². The second-order valence-electron chi connectivity index (χ2n) is 4.95. The van der Waals surface area contributed by atoms with Crippen molar-refractivity contribution in [3.63, 3.8) is 0 Å². The predicted molar refractivity (Wildman–Crippen MR) is 70.0 cm³/mol. The summed E-state index contributed by atoms with van der Waals surface area (Å²) in [5.41, 5.74) is 5.74. The van der Waals surface area contributed by atoms with Crippen LogP contribution in [0.15, 0.2) is 24.3 Å². The third-order valence-electron chi connectivity index (χ3n) is 3.42. The normalized spacial score (nSPS) is 23.3. The van der Waals surface area contributed by atoms with Gasteiger partial charge in [-0.1, -0.05) is 19.1 Å². The minimum absolute atomic E-state index is 0.0942. The van der Waals surface area contributed by atoms with Gasteiger partial charge in [0.1, 0.15) is 18.0 Å². The van der Waals surface area contributed by atoms with Crippen molar-refractivity contribution >= 4 is 11.8 Å². The second-order valence-corrected chi connectivity index (χ2v) is 4.95. The average Bonchev–Trinajstić information content (AvgIpc) is 2.83. The Kier molecular flexibility index (Phi) is 4.34. The molecule has 0 aromatic heterocycles. The molecule has 1 aliphatic rings. The van der Waals surface area contributed by atoms with E-state index in [0.29, 0.717) is 12.2 Å². The quantitative estimate of drug-likeness (QED) is 0.859. The Morgan fingerprint density at radius 3 is 2.55 bits per heavy atom. The van der Waals surface area contributed by atoms with Crippen LogP contribution < -0.4 is 11.1 Å². The van der Waals surface area contributed by atoms with E-state index in [1.807, 2.05) is 6.92 Å². The van der Waals surface area contributed by atoms with E-state index in [4.69, 9.17) is 10.5 Å². The number of hydrogen-bond donors (Lipinski definition) is 2. The summed E-state index contributed by atoms with van der Waals surface area (Å²) in [5, 5.41) is 2.56. The first-order valence-corrected chi connectivity index (χ1v) is 6.46. The molecule has 6 heteroatoms. The molecule has 1 aromatic carbocycles. The lowest BCUT2D eigenvalue weighted by Crippen LogP contribution is -2.43. The maximum atomic E-state index is 12.9. The highest BCUT2D eigenvalue weighted by atomic mass is 19.1. The summed E-state index contributed by atoms with van der Waals surface area (Å²) in [6.45, 7) is 2.44. The summed E-state index contributed by atoms with van der Waals surface area (Å²) in [4.78, 5) is 23.6. The van der Waals surface area contributed by atoms with Crippen LogP contribution in [0.1, 0.15) is 24.9 Å². The van der Waals surface area contributed by atoms with E-state index >= 15 is 0 Å². The number of benzene rings is 1. The fourth-order valence-corrected chi connectivity index (χ4v) is 2.23. The Bertz CT molecular complexity index is 504. The molecular formula is C14H17FN2O3. The second kappa shape index (κ2) is 6.00. The van der Waals surface area contributed by atoms with Crippen molar-refractivity contribution in [1.82, 2.24) is 5.32 Å². The Hall–Kier alpha value is -1.95. The molecule has 1 aromatic rings. The molecule has 0 unspecified atom stereocenters. The Labute approximate surface area is 116 Å². The van der Waals surface area contributed by atoms with Crippen LogP contribution in [0.4, 0.5) is 4.39 Å². The first-order chi connectivity index (χ1) is 9.49. The Morgan fingerprint density at radius 1 is 1.40 bits per heavy atom. The van der Waals surface area contributed by atoms with E-state index in [1.54, 1.807) is 0 Å². The van der Waals surface area contributed by atoms with Gasteiger partial charge in [-0.05, 0) is 30.0 Å². The highest BCUT2D eigenvalue weighted by Crippen LogP contribution is 2.21. The number of ether oxygens (including phenoxy) is 1. The molecule has 0 saturated carbocycles. The lowest BCUT2D eigenvalue weighted by Gasteiger charge is -2.20. The van der Waals surface area contributed by atoms with Gasteiger partial charge in [0, 0.05) is 6.61 Å². The molecule has 0 radical (unpaired) electrons. The van der Waals surface area contributed by atoms with Gasteiger partial charge in [-0.3, -0.25) is 9.59 Å². The van der Waals surface area contributed by atoms with E-state index in [-0.39, 0.29) is 11.8 Å². The van der Waals surface area contributed by atoms with E-state index in [2.05, 4.69) is 5.32 Å². The topological polar surface area (TPSA) is 81.4 Å². The first kappa shape index (κ1) is 14.5. The van der Waals surface area contributed by atoms with Gasteiger partial charge in [-0.25, -0.2) is 4.39 Å². The van der Waals surface area contributed by atoms with Crippen LogP contribution in [-0.2, 0) is 14.3 Å². The summed E-state index contributed by atoms with van der Waals surface area (Å²) >= 11 is 0. The fraction of sp³-hybridized carbons (Fsp3) is 0.429. The Balaban J connectivity index is 2.11. The minimum atomic E-state index is -0.987. The van der Waals surface area contributed by atoms with Gasteiger partial charge in [0.05, 0.1) is 0 Å². The van der Waals surface area contributed by atoms with Crippen LogP contribution in [0.3, 0.4) is 0 Å². The van der Waals surface area contributed by atoms with Crippen LogP contribution in [0.25, 0.3) is 0 Å². The number of carbonyl (C=O) groups is 2. The molecule has 1 heterocycles. The van der Waals surface area contributed by atoms with Gasteiger partial charge >= 0.3 is 0 Å². The molecule has 0 bridgehead atoms. The zero-order valence-electron chi connectivity index (χ0n) is 11.1. The maximum absolute atomic E-state index is 12.9. The van der Waals surface area contributed by atoms with E-state index < -0.39 is 23.9 Å². The van der Waals surface area contributed by atoms with Crippen LogP contribution in [0.2, 0.25) is 0 Å². The molecule has 2 amide bonds. The zero-order chi connectivity index (χ0) is 14.7. The predicted octanol–water partition coefficient (Wildman–Crippen LogP) is 0.893. The fourth-order valence-electron chi connectivity index (χ4n) is 2.23. The van der Waals surface area contributed by atoms with Crippen molar-refractivity contribution in [2.24, 2.45) is 11.7 Å². The van der Waals surface area contributed by atoms with Crippen molar-refractivity contribution in [2.45, 2.75) is 25.5 Å². The summed E-state index contributed by atoms with van der Waals surface area (Å²) in [6.07, 6.45) is 0.230. The number of primary amides is 1. The number of halogens is 1. The number of rotatable bonds is 4. The molecule has 2 rings (SSSR count). The van der Waals surface area contributed by atoms with Gasteiger partial charge in [-0.2, -0.15) is 0 Å².